The number of fused-ring (bicyclic) bond motifs is 1. The number of carbonyl (C=O) groups excluding carboxylic acids is 4. The lowest BCUT2D eigenvalue weighted by Crippen LogP contribution is -2.54. The van der Waals surface area contributed by atoms with Crippen LogP contribution >= 0.6 is 11.8 Å². The van der Waals surface area contributed by atoms with E-state index in [4.69, 9.17) is 9.47 Å². The van der Waals surface area contributed by atoms with E-state index >= 15 is 0 Å². The van der Waals surface area contributed by atoms with E-state index in [2.05, 4.69) is 10.6 Å². The van der Waals surface area contributed by atoms with Crippen LogP contribution in [0, 0.1) is 6.92 Å². The van der Waals surface area contributed by atoms with Gasteiger partial charge in [-0.3, -0.25) is 9.59 Å². The zero-order chi connectivity index (χ0) is 21.7. The summed E-state index contributed by atoms with van der Waals surface area (Å²) in [7, 11) is 1.18. The number of rotatable bonds is 2. The lowest BCUT2D eigenvalue weighted by atomic mass is 10.0. The van der Waals surface area contributed by atoms with E-state index < -0.39 is 42.4 Å². The minimum Gasteiger partial charge on any atom is -0.508 e. The van der Waals surface area contributed by atoms with Crippen LogP contribution in [0.15, 0.2) is 6.07 Å². The number of phenols is 2. The molecule has 29 heavy (non-hydrogen) atoms. The van der Waals surface area contributed by atoms with Gasteiger partial charge in [-0.2, -0.15) is 11.8 Å². The highest BCUT2D eigenvalue weighted by molar-refractivity contribution is 7.98. The molecule has 0 aromatic heterocycles. The molecular formula is C18H22N2O8S. The van der Waals surface area contributed by atoms with Crippen molar-refractivity contribution in [2.24, 2.45) is 0 Å². The minimum atomic E-state index is -1.25. The number of benzene rings is 1. The van der Waals surface area contributed by atoms with Gasteiger partial charge in [-0.25, -0.2) is 9.59 Å². The Kier molecular flexibility index (Phi) is 7.32. The molecule has 4 N–H and O–H groups in total. The zero-order valence-electron chi connectivity index (χ0n) is 16.1. The highest BCUT2D eigenvalue weighted by Crippen LogP contribution is 2.35. The van der Waals surface area contributed by atoms with Crippen LogP contribution in [-0.4, -0.2) is 65.5 Å². The minimum absolute atomic E-state index is 0.0350. The third-order valence-electron chi connectivity index (χ3n) is 4.26. The van der Waals surface area contributed by atoms with Gasteiger partial charge in [0.05, 0.1) is 12.7 Å². The van der Waals surface area contributed by atoms with Crippen molar-refractivity contribution >= 4 is 35.5 Å². The highest BCUT2D eigenvalue weighted by Gasteiger charge is 2.30. The first kappa shape index (κ1) is 22.3. The average molecular weight is 426 g/mol. The summed E-state index contributed by atoms with van der Waals surface area (Å²) in [5, 5.41) is 25.0. The molecule has 0 bridgehead atoms. The summed E-state index contributed by atoms with van der Waals surface area (Å²) < 4.78 is 9.88. The monoisotopic (exact) mass is 426 g/mol. The molecule has 1 aliphatic heterocycles. The van der Waals surface area contributed by atoms with Crippen LogP contribution in [0.4, 0.5) is 0 Å². The molecule has 0 saturated carbocycles. The van der Waals surface area contributed by atoms with E-state index in [-0.39, 0.29) is 39.7 Å². The Morgan fingerprint density at radius 3 is 2.62 bits per heavy atom. The topological polar surface area (TPSA) is 151 Å². The molecule has 1 aromatic rings. The van der Waals surface area contributed by atoms with Gasteiger partial charge in [0.1, 0.15) is 30.2 Å². The Morgan fingerprint density at radius 2 is 2.00 bits per heavy atom. The van der Waals surface area contributed by atoms with Crippen LogP contribution in [0.1, 0.15) is 28.4 Å². The van der Waals surface area contributed by atoms with Crippen molar-refractivity contribution in [2.75, 3.05) is 19.5 Å². The number of aromatic hydroxyl groups is 2. The van der Waals surface area contributed by atoms with Gasteiger partial charge in [-0.05, 0) is 6.92 Å². The van der Waals surface area contributed by atoms with Gasteiger partial charge in [-0.1, -0.05) is 0 Å². The molecule has 158 valence electrons. The second kappa shape index (κ2) is 9.50. The number of cyclic esters (lactones) is 1. The van der Waals surface area contributed by atoms with E-state index in [1.807, 2.05) is 0 Å². The van der Waals surface area contributed by atoms with Gasteiger partial charge < -0.3 is 30.3 Å². The molecule has 2 atom stereocenters. The summed E-state index contributed by atoms with van der Waals surface area (Å²) >= 11 is 1.16. The number of esters is 2. The second-order valence-electron chi connectivity index (χ2n) is 6.34. The molecule has 1 aliphatic rings. The molecular weight excluding hydrogens is 404 g/mol. The first-order valence-electron chi connectivity index (χ1n) is 8.60. The zero-order valence-corrected chi connectivity index (χ0v) is 16.9. The SMILES string of the molecule is COC(=O)[C@H]1CSCc2c(O)cc(O)c(C)c2C(=O)OC[C@H](NC(C)=O)C(=O)N1. The molecule has 0 spiro atoms. The summed E-state index contributed by atoms with van der Waals surface area (Å²) in [5.41, 5.74) is 0.388. The van der Waals surface area contributed by atoms with E-state index in [1.165, 1.54) is 21.0 Å². The predicted molar refractivity (Wildman–Crippen MR) is 103 cm³/mol. The van der Waals surface area contributed by atoms with Crippen molar-refractivity contribution in [1.82, 2.24) is 10.6 Å². The summed E-state index contributed by atoms with van der Waals surface area (Å²) in [5.74, 6) is -3.22. The fourth-order valence-corrected chi connectivity index (χ4v) is 3.82. The smallest absolute Gasteiger partial charge is 0.339 e. The molecule has 0 fully saturated rings. The maximum absolute atomic E-state index is 12.6. The summed E-state index contributed by atoms with van der Waals surface area (Å²) in [6.45, 7) is 2.16. The number of carbonyl (C=O) groups is 4. The van der Waals surface area contributed by atoms with Crippen LogP contribution < -0.4 is 10.6 Å². The highest BCUT2D eigenvalue weighted by atomic mass is 32.2. The number of thioether (sulfide) groups is 1. The maximum Gasteiger partial charge on any atom is 0.339 e. The average Bonchev–Trinajstić information content (AvgIpc) is 2.66. The van der Waals surface area contributed by atoms with Gasteiger partial charge in [0.2, 0.25) is 11.8 Å². The Hall–Kier alpha value is -2.95. The third kappa shape index (κ3) is 5.31. The lowest BCUT2D eigenvalue weighted by Gasteiger charge is -2.23. The fourth-order valence-electron chi connectivity index (χ4n) is 2.75. The predicted octanol–water partition coefficient (Wildman–Crippen LogP) is -0.0277. The molecule has 11 heteroatoms. The van der Waals surface area contributed by atoms with Crippen molar-refractivity contribution < 1.29 is 38.9 Å². The molecule has 10 nitrogen and oxygen atoms in total. The molecule has 0 saturated heterocycles. The Morgan fingerprint density at radius 1 is 1.31 bits per heavy atom. The van der Waals surface area contributed by atoms with E-state index in [0.29, 0.717) is 0 Å². The number of hydrogen-bond acceptors (Lipinski definition) is 9. The molecule has 1 heterocycles. The van der Waals surface area contributed by atoms with Gasteiger partial charge in [0.15, 0.2) is 0 Å². The van der Waals surface area contributed by atoms with Crippen molar-refractivity contribution in [1.29, 1.82) is 0 Å². The van der Waals surface area contributed by atoms with Gasteiger partial charge in [0.25, 0.3) is 0 Å². The maximum atomic E-state index is 12.6. The number of phenolic OH excluding ortho intramolecular Hbond substituents is 2. The third-order valence-corrected chi connectivity index (χ3v) is 5.32. The molecule has 0 aliphatic carbocycles. The van der Waals surface area contributed by atoms with Crippen LogP contribution in [0.2, 0.25) is 0 Å². The van der Waals surface area contributed by atoms with E-state index in [0.717, 1.165) is 17.8 Å². The molecule has 0 radical (unpaired) electrons. The molecule has 1 aromatic carbocycles. The van der Waals surface area contributed by atoms with Crippen molar-refractivity contribution in [3.63, 3.8) is 0 Å². The Labute approximate surface area is 170 Å². The molecule has 2 amide bonds. The van der Waals surface area contributed by atoms with Crippen LogP contribution in [0.25, 0.3) is 0 Å². The number of nitrogens with one attached hydrogen (secondary N) is 2. The first-order chi connectivity index (χ1) is 13.6. The van der Waals surface area contributed by atoms with Gasteiger partial charge >= 0.3 is 11.9 Å². The molecule has 0 unspecified atom stereocenters. The lowest BCUT2D eigenvalue weighted by molar-refractivity contribution is -0.144. The number of hydrogen-bond donors (Lipinski definition) is 4. The van der Waals surface area contributed by atoms with Crippen LogP contribution in [-0.2, 0) is 29.6 Å². The summed E-state index contributed by atoms with van der Waals surface area (Å²) in [6, 6.07) is -1.15. The quantitative estimate of drug-likeness (QED) is 0.478. The van der Waals surface area contributed by atoms with E-state index in [9.17, 15) is 29.4 Å². The van der Waals surface area contributed by atoms with Gasteiger partial charge in [-0.15, -0.1) is 0 Å². The fraction of sp³-hybridized carbons (Fsp3) is 0.444. The van der Waals surface area contributed by atoms with Crippen molar-refractivity contribution in [3.05, 3.63) is 22.8 Å². The standard InChI is InChI=1S/C18H22N2O8S/c1-8-13(22)4-14(23)10-6-29-7-12(17(25)27-3)20-16(24)11(19-9(2)21)5-28-18(26)15(8)10/h4,11-12,22-23H,5-7H2,1-3H3,(H,19,21)(H,20,24)/t11-,12+/m0/s1. The Bertz CT molecular complexity index is 842. The Balaban J connectivity index is 2.46. The van der Waals surface area contributed by atoms with Crippen LogP contribution in [0.5, 0.6) is 11.5 Å². The van der Waals surface area contributed by atoms with E-state index in [1.54, 1.807) is 0 Å². The largest absolute Gasteiger partial charge is 0.508 e. The first-order valence-corrected chi connectivity index (χ1v) is 9.75. The van der Waals surface area contributed by atoms with Gasteiger partial charge in [0, 0.05) is 35.6 Å². The second-order valence-corrected chi connectivity index (χ2v) is 7.37. The molecule has 2 rings (SSSR count). The summed E-state index contributed by atoms with van der Waals surface area (Å²) in [4.78, 5) is 48.6. The number of methoxy groups -OCH3 is 1. The summed E-state index contributed by atoms with van der Waals surface area (Å²) in [6.07, 6.45) is 0. The normalized spacial score (nSPS) is 20.2. The van der Waals surface area contributed by atoms with Crippen molar-refractivity contribution in [2.45, 2.75) is 31.7 Å². The number of ether oxygens (including phenoxy) is 2. The number of amides is 2. The van der Waals surface area contributed by atoms with Crippen molar-refractivity contribution in [3.8, 4) is 11.5 Å². The van der Waals surface area contributed by atoms with Crippen LogP contribution in [0.3, 0.4) is 0 Å².